The van der Waals surface area contributed by atoms with E-state index in [1.165, 1.54) is 35.0 Å². The smallest absolute Gasteiger partial charge is 0.263 e. The molecule has 0 saturated heterocycles. The van der Waals surface area contributed by atoms with Crippen molar-refractivity contribution in [1.29, 1.82) is 0 Å². The number of nitrogens with zero attached hydrogens (tertiary/aromatic N) is 2. The number of carbonyl (C=O) groups is 1. The predicted molar refractivity (Wildman–Crippen MR) is 112 cm³/mol. The molecule has 0 aromatic carbocycles. The van der Waals surface area contributed by atoms with Crippen molar-refractivity contribution in [3.8, 4) is 0 Å². The Morgan fingerprint density at radius 1 is 1.30 bits per heavy atom. The molecule has 2 aliphatic rings. The van der Waals surface area contributed by atoms with Gasteiger partial charge in [-0.05, 0) is 44.1 Å². The first-order valence-corrected chi connectivity index (χ1v) is 11.9. The predicted octanol–water partition coefficient (Wildman–Crippen LogP) is 3.90. The molecule has 0 radical (unpaired) electrons. The van der Waals surface area contributed by atoms with Crippen LogP contribution in [0, 0.1) is 0 Å². The molecule has 0 atom stereocenters. The molecule has 1 N–H and O–H groups in total. The molecule has 1 saturated carbocycles. The number of amides is 1. The lowest BCUT2D eigenvalue weighted by Crippen LogP contribution is -2.28. The van der Waals surface area contributed by atoms with Crippen molar-refractivity contribution < 1.29 is 4.79 Å². The third-order valence-electron chi connectivity index (χ3n) is 5.30. The van der Waals surface area contributed by atoms with Gasteiger partial charge in [0.2, 0.25) is 5.91 Å². The fourth-order valence-electron chi connectivity index (χ4n) is 3.69. The molecular weight excluding hydrogens is 378 g/mol. The van der Waals surface area contributed by atoms with E-state index < -0.39 is 0 Å². The molecule has 27 heavy (non-hydrogen) atoms. The zero-order valence-corrected chi connectivity index (χ0v) is 17.5. The molecule has 0 aliphatic heterocycles. The third kappa shape index (κ3) is 4.24. The average Bonchev–Trinajstić information content (AvgIpc) is 3.22. The minimum Gasteiger partial charge on any atom is -0.353 e. The summed E-state index contributed by atoms with van der Waals surface area (Å²) in [6.07, 6.45) is 9.84. The van der Waals surface area contributed by atoms with Crippen LogP contribution in [-0.2, 0) is 24.2 Å². The summed E-state index contributed by atoms with van der Waals surface area (Å²) in [5, 5.41) is 4.56. The molecule has 2 heterocycles. The van der Waals surface area contributed by atoms with Crippen molar-refractivity contribution in [2.45, 2.75) is 82.5 Å². The fourth-order valence-corrected chi connectivity index (χ4v) is 5.83. The zero-order chi connectivity index (χ0) is 18.8. The summed E-state index contributed by atoms with van der Waals surface area (Å²) in [6, 6.07) is 0.366. The van der Waals surface area contributed by atoms with Gasteiger partial charge in [0, 0.05) is 17.5 Å². The summed E-state index contributed by atoms with van der Waals surface area (Å²) in [6.45, 7) is 2.88. The Morgan fingerprint density at radius 2 is 2.15 bits per heavy atom. The normalized spacial score (nSPS) is 16.0. The minimum atomic E-state index is 0.0445. The maximum Gasteiger partial charge on any atom is 0.263 e. The summed E-state index contributed by atoms with van der Waals surface area (Å²) in [4.78, 5) is 32.4. The Morgan fingerprint density at radius 3 is 2.93 bits per heavy atom. The van der Waals surface area contributed by atoms with Gasteiger partial charge >= 0.3 is 0 Å². The fraction of sp³-hybridized carbons (Fsp3) is 0.650. The Labute approximate surface area is 167 Å². The molecule has 2 aromatic heterocycles. The largest absolute Gasteiger partial charge is 0.353 e. The van der Waals surface area contributed by atoms with E-state index >= 15 is 0 Å². The van der Waals surface area contributed by atoms with Crippen molar-refractivity contribution >= 4 is 39.2 Å². The molecule has 4 rings (SSSR count). The van der Waals surface area contributed by atoms with Crippen LogP contribution in [0.1, 0.15) is 62.3 Å². The molecular formula is C20H27N3O2S2. The lowest BCUT2D eigenvalue weighted by Gasteiger charge is -2.12. The summed E-state index contributed by atoms with van der Waals surface area (Å²) in [7, 11) is 0. The van der Waals surface area contributed by atoms with Crippen LogP contribution in [0.2, 0.25) is 0 Å². The van der Waals surface area contributed by atoms with E-state index in [4.69, 9.17) is 4.98 Å². The van der Waals surface area contributed by atoms with Crippen LogP contribution in [0.5, 0.6) is 0 Å². The number of aryl methyl sites for hydroxylation is 2. The van der Waals surface area contributed by atoms with E-state index in [-0.39, 0.29) is 11.5 Å². The van der Waals surface area contributed by atoms with Gasteiger partial charge in [0.15, 0.2) is 5.16 Å². The van der Waals surface area contributed by atoms with Gasteiger partial charge in [0.25, 0.3) is 5.56 Å². The first kappa shape index (κ1) is 19.0. The highest BCUT2D eigenvalue weighted by atomic mass is 32.2. The van der Waals surface area contributed by atoms with Gasteiger partial charge in [-0.25, -0.2) is 4.98 Å². The van der Waals surface area contributed by atoms with E-state index in [1.807, 2.05) is 4.57 Å². The van der Waals surface area contributed by atoms with E-state index in [2.05, 4.69) is 12.2 Å². The Bertz CT molecular complexity index is 899. The van der Waals surface area contributed by atoms with Gasteiger partial charge in [-0.3, -0.25) is 14.2 Å². The van der Waals surface area contributed by atoms with Crippen molar-refractivity contribution in [3.05, 3.63) is 20.8 Å². The molecule has 2 aromatic rings. The topological polar surface area (TPSA) is 64.0 Å². The number of unbranched alkanes of at least 4 members (excludes halogenated alkanes) is 3. The van der Waals surface area contributed by atoms with Crippen molar-refractivity contribution in [3.63, 3.8) is 0 Å². The van der Waals surface area contributed by atoms with E-state index in [0.29, 0.717) is 23.5 Å². The molecule has 0 bridgehead atoms. The minimum absolute atomic E-state index is 0.0445. The Kier molecular flexibility index (Phi) is 5.88. The monoisotopic (exact) mass is 405 g/mol. The lowest BCUT2D eigenvalue weighted by molar-refractivity contribution is -0.118. The highest BCUT2D eigenvalue weighted by Gasteiger charge is 2.25. The molecule has 1 amide bonds. The first-order chi connectivity index (χ1) is 13.2. The van der Waals surface area contributed by atoms with Crippen molar-refractivity contribution in [1.82, 2.24) is 14.9 Å². The zero-order valence-electron chi connectivity index (χ0n) is 15.9. The molecule has 5 nitrogen and oxygen atoms in total. The number of thiophene rings is 1. The highest BCUT2D eigenvalue weighted by Crippen LogP contribution is 2.35. The van der Waals surface area contributed by atoms with Crippen LogP contribution in [-0.4, -0.2) is 27.3 Å². The van der Waals surface area contributed by atoms with E-state index in [1.54, 1.807) is 11.3 Å². The van der Waals surface area contributed by atoms with Crippen molar-refractivity contribution in [2.24, 2.45) is 0 Å². The van der Waals surface area contributed by atoms with E-state index in [0.717, 1.165) is 55.2 Å². The van der Waals surface area contributed by atoms with Crippen LogP contribution in [0.4, 0.5) is 0 Å². The second-order valence-electron chi connectivity index (χ2n) is 7.58. The van der Waals surface area contributed by atoms with Gasteiger partial charge in [-0.2, -0.15) is 0 Å². The average molecular weight is 406 g/mol. The van der Waals surface area contributed by atoms with Crippen LogP contribution in [0.15, 0.2) is 9.95 Å². The summed E-state index contributed by atoms with van der Waals surface area (Å²) in [5.74, 6) is 0.372. The second-order valence-corrected chi connectivity index (χ2v) is 9.61. The molecule has 1 fully saturated rings. The molecule has 146 valence electrons. The quantitative estimate of drug-likeness (QED) is 0.390. The maximum atomic E-state index is 13.3. The van der Waals surface area contributed by atoms with Crippen LogP contribution in [0.25, 0.3) is 10.2 Å². The Balaban J connectivity index is 1.60. The van der Waals surface area contributed by atoms with Crippen LogP contribution >= 0.6 is 23.1 Å². The number of rotatable bonds is 9. The third-order valence-corrected chi connectivity index (χ3v) is 7.46. The first-order valence-electron chi connectivity index (χ1n) is 10.1. The van der Waals surface area contributed by atoms with Gasteiger partial charge in [0.1, 0.15) is 4.83 Å². The van der Waals surface area contributed by atoms with Gasteiger partial charge < -0.3 is 5.32 Å². The SMILES string of the molecule is CCCCCCn1c(SCC(=O)NC2CC2)nc2sc3c(c2c1=O)CCC3. The van der Waals surface area contributed by atoms with Gasteiger partial charge in [-0.15, -0.1) is 11.3 Å². The molecule has 7 heteroatoms. The number of hydrogen-bond acceptors (Lipinski definition) is 5. The number of nitrogens with one attached hydrogen (secondary N) is 1. The van der Waals surface area contributed by atoms with E-state index in [9.17, 15) is 9.59 Å². The maximum absolute atomic E-state index is 13.3. The highest BCUT2D eigenvalue weighted by molar-refractivity contribution is 7.99. The summed E-state index contributed by atoms with van der Waals surface area (Å²) in [5.41, 5.74) is 1.33. The number of hydrogen-bond donors (Lipinski definition) is 1. The van der Waals surface area contributed by atoms with Gasteiger partial charge in [0.05, 0.1) is 11.1 Å². The van der Waals surface area contributed by atoms with Crippen molar-refractivity contribution in [2.75, 3.05) is 5.75 Å². The number of fused-ring (bicyclic) bond motifs is 3. The van der Waals surface area contributed by atoms with Crippen LogP contribution < -0.4 is 10.9 Å². The number of carbonyl (C=O) groups excluding carboxylic acids is 1. The van der Waals surface area contributed by atoms with Gasteiger partial charge in [-0.1, -0.05) is 37.9 Å². The summed E-state index contributed by atoms with van der Waals surface area (Å²) >= 11 is 3.08. The number of aromatic nitrogens is 2. The lowest BCUT2D eigenvalue weighted by atomic mass is 10.2. The standard InChI is InChI=1S/C20H27N3O2S2/c1-2-3-4-5-11-23-19(25)17-14-7-6-8-15(14)27-18(17)22-20(23)26-12-16(24)21-13-9-10-13/h13H,2-12H2,1H3,(H,21,24). The molecule has 0 unspecified atom stereocenters. The van der Waals surface area contributed by atoms with Crippen LogP contribution in [0.3, 0.4) is 0 Å². The molecule has 0 spiro atoms. The summed E-state index contributed by atoms with van der Waals surface area (Å²) < 4.78 is 1.83. The Hall–Kier alpha value is -1.34. The second kappa shape index (κ2) is 8.35. The molecule has 2 aliphatic carbocycles. The number of thioether (sulfide) groups is 1.